The fraction of sp³-hybridized carbons (Fsp3) is 0.130. The number of nitrogens with one attached hydrogen (secondary N) is 2. The van der Waals surface area contributed by atoms with Crippen LogP contribution in [-0.2, 0) is 23.1 Å². The molecule has 8 nitrogen and oxygen atoms in total. The van der Waals surface area contributed by atoms with Gasteiger partial charge in [-0.15, -0.1) is 11.3 Å². The predicted octanol–water partition coefficient (Wildman–Crippen LogP) is 3.46. The van der Waals surface area contributed by atoms with Gasteiger partial charge in [0.2, 0.25) is 10.0 Å². The van der Waals surface area contributed by atoms with Gasteiger partial charge in [0.15, 0.2) is 10.8 Å². The molecule has 0 bridgehead atoms. The Labute approximate surface area is 200 Å². The summed E-state index contributed by atoms with van der Waals surface area (Å²) in [5.74, 6) is -0.318. The normalized spacial score (nSPS) is 11.4. The second-order valence-electron chi connectivity index (χ2n) is 7.29. The zero-order valence-corrected chi connectivity index (χ0v) is 19.7. The number of carbonyl (C=O) groups excluding carboxylic acids is 1. The second-order valence-corrected chi connectivity index (χ2v) is 10.1. The molecule has 34 heavy (non-hydrogen) atoms. The SMILES string of the molecule is Cc1nc(-c2ncccn2)sc1C(=O)NCc1cccc(S(=O)(=O)NCc2cccc(F)c2)c1. The highest BCUT2D eigenvalue weighted by Crippen LogP contribution is 2.25. The molecule has 4 aromatic rings. The summed E-state index contributed by atoms with van der Waals surface area (Å²) in [6.07, 6.45) is 3.21. The van der Waals surface area contributed by atoms with Crippen molar-refractivity contribution in [3.63, 3.8) is 0 Å². The van der Waals surface area contributed by atoms with E-state index >= 15 is 0 Å². The van der Waals surface area contributed by atoms with Crippen LogP contribution in [0.15, 0.2) is 71.9 Å². The van der Waals surface area contributed by atoms with E-state index in [1.807, 2.05) is 0 Å². The van der Waals surface area contributed by atoms with Crippen LogP contribution in [0.4, 0.5) is 4.39 Å². The third-order valence-electron chi connectivity index (χ3n) is 4.78. The topological polar surface area (TPSA) is 114 Å². The van der Waals surface area contributed by atoms with Gasteiger partial charge in [-0.05, 0) is 48.4 Å². The molecule has 2 aromatic heterocycles. The fourth-order valence-electron chi connectivity index (χ4n) is 3.11. The van der Waals surface area contributed by atoms with Crippen LogP contribution in [0.2, 0.25) is 0 Å². The monoisotopic (exact) mass is 497 g/mol. The van der Waals surface area contributed by atoms with Gasteiger partial charge in [-0.3, -0.25) is 4.79 Å². The van der Waals surface area contributed by atoms with E-state index in [1.54, 1.807) is 43.6 Å². The molecule has 0 saturated heterocycles. The number of aryl methyl sites for hydroxylation is 1. The van der Waals surface area contributed by atoms with Crippen LogP contribution in [0.3, 0.4) is 0 Å². The maximum Gasteiger partial charge on any atom is 0.263 e. The van der Waals surface area contributed by atoms with E-state index < -0.39 is 15.8 Å². The molecule has 0 radical (unpaired) electrons. The van der Waals surface area contributed by atoms with E-state index in [9.17, 15) is 17.6 Å². The van der Waals surface area contributed by atoms with Gasteiger partial charge in [0.1, 0.15) is 10.7 Å². The Morgan fingerprint density at radius 2 is 1.71 bits per heavy atom. The Kier molecular flexibility index (Phi) is 7.06. The summed E-state index contributed by atoms with van der Waals surface area (Å²) in [5, 5.41) is 3.34. The third kappa shape index (κ3) is 5.68. The van der Waals surface area contributed by atoms with Gasteiger partial charge in [0.25, 0.3) is 5.91 Å². The van der Waals surface area contributed by atoms with Crippen LogP contribution < -0.4 is 10.0 Å². The van der Waals surface area contributed by atoms with Crippen LogP contribution >= 0.6 is 11.3 Å². The maximum absolute atomic E-state index is 13.3. The summed E-state index contributed by atoms with van der Waals surface area (Å²) in [4.78, 5) is 25.9. The van der Waals surface area contributed by atoms with E-state index in [2.05, 4.69) is 25.0 Å². The molecule has 0 aliphatic heterocycles. The van der Waals surface area contributed by atoms with Crippen LogP contribution in [0.25, 0.3) is 10.8 Å². The van der Waals surface area contributed by atoms with Crippen molar-refractivity contribution in [2.75, 3.05) is 0 Å². The number of rotatable bonds is 8. The molecule has 0 spiro atoms. The van der Waals surface area contributed by atoms with Gasteiger partial charge in [0, 0.05) is 25.5 Å². The van der Waals surface area contributed by atoms with Crippen LogP contribution in [0, 0.1) is 12.7 Å². The highest BCUT2D eigenvalue weighted by Gasteiger charge is 2.18. The van der Waals surface area contributed by atoms with Crippen molar-refractivity contribution in [3.8, 4) is 10.8 Å². The molecule has 0 aliphatic rings. The molecule has 0 aliphatic carbocycles. The lowest BCUT2D eigenvalue weighted by atomic mass is 10.2. The average Bonchev–Trinajstić information content (AvgIpc) is 3.24. The van der Waals surface area contributed by atoms with Crippen molar-refractivity contribution < 1.29 is 17.6 Å². The fourth-order valence-corrected chi connectivity index (χ4v) is 5.12. The number of halogens is 1. The summed E-state index contributed by atoms with van der Waals surface area (Å²) in [6, 6.07) is 13.7. The number of thiazole rings is 1. The molecule has 0 fully saturated rings. The Morgan fingerprint density at radius 3 is 2.44 bits per heavy atom. The number of amides is 1. The molecular formula is C23H20FN5O3S2. The van der Waals surface area contributed by atoms with Gasteiger partial charge in [-0.2, -0.15) is 0 Å². The van der Waals surface area contributed by atoms with Crippen molar-refractivity contribution in [1.29, 1.82) is 0 Å². The maximum atomic E-state index is 13.3. The summed E-state index contributed by atoms with van der Waals surface area (Å²) >= 11 is 1.19. The van der Waals surface area contributed by atoms with Gasteiger partial charge < -0.3 is 5.32 Å². The van der Waals surface area contributed by atoms with Gasteiger partial charge in [-0.1, -0.05) is 24.3 Å². The van der Waals surface area contributed by atoms with Gasteiger partial charge in [-0.25, -0.2) is 32.5 Å². The molecule has 174 valence electrons. The predicted molar refractivity (Wildman–Crippen MR) is 126 cm³/mol. The minimum atomic E-state index is -3.83. The number of carbonyl (C=O) groups is 1. The van der Waals surface area contributed by atoms with Crippen LogP contribution in [0.1, 0.15) is 26.5 Å². The lowest BCUT2D eigenvalue weighted by Gasteiger charge is -2.09. The third-order valence-corrected chi connectivity index (χ3v) is 7.33. The van der Waals surface area contributed by atoms with Crippen molar-refractivity contribution in [1.82, 2.24) is 25.0 Å². The number of sulfonamides is 1. The first kappa shape index (κ1) is 23.6. The largest absolute Gasteiger partial charge is 0.347 e. The first-order chi connectivity index (χ1) is 16.3. The molecule has 11 heteroatoms. The van der Waals surface area contributed by atoms with E-state index in [-0.39, 0.29) is 23.9 Å². The van der Waals surface area contributed by atoms with E-state index in [4.69, 9.17) is 0 Å². The number of hydrogen-bond acceptors (Lipinski definition) is 7. The Hall–Kier alpha value is -3.54. The van der Waals surface area contributed by atoms with Gasteiger partial charge in [0.05, 0.1) is 10.6 Å². The number of nitrogens with zero attached hydrogens (tertiary/aromatic N) is 3. The van der Waals surface area contributed by atoms with Crippen LogP contribution in [-0.4, -0.2) is 29.3 Å². The summed E-state index contributed by atoms with van der Waals surface area (Å²) in [5.41, 5.74) is 1.67. The highest BCUT2D eigenvalue weighted by atomic mass is 32.2. The molecule has 1 amide bonds. The molecule has 4 rings (SSSR count). The Morgan fingerprint density at radius 1 is 1.00 bits per heavy atom. The minimum Gasteiger partial charge on any atom is -0.347 e. The zero-order chi connectivity index (χ0) is 24.1. The van der Waals surface area contributed by atoms with Crippen molar-refractivity contribution in [2.24, 2.45) is 0 Å². The van der Waals surface area contributed by atoms with E-state index in [0.717, 1.165) is 0 Å². The summed E-state index contributed by atoms with van der Waals surface area (Å²) in [6.45, 7) is 1.81. The van der Waals surface area contributed by atoms with Crippen molar-refractivity contribution >= 4 is 27.3 Å². The highest BCUT2D eigenvalue weighted by molar-refractivity contribution is 7.89. The van der Waals surface area contributed by atoms with Gasteiger partial charge >= 0.3 is 0 Å². The smallest absolute Gasteiger partial charge is 0.263 e. The Balaban J connectivity index is 1.41. The molecule has 0 saturated carbocycles. The summed E-state index contributed by atoms with van der Waals surface area (Å²) < 4.78 is 41.1. The molecule has 2 heterocycles. The molecule has 0 unspecified atom stereocenters. The standard InChI is InChI=1S/C23H20FN5O3S2/c1-15-20(33-23(29-15)21-25-9-4-10-26-21)22(30)27-13-17-6-3-8-19(12-17)34(31,32)28-14-16-5-2-7-18(24)11-16/h2-12,28H,13-14H2,1H3,(H,27,30). The quantitative estimate of drug-likeness (QED) is 0.385. The number of hydrogen-bond donors (Lipinski definition) is 2. The molecular weight excluding hydrogens is 477 g/mol. The van der Waals surface area contributed by atoms with E-state index in [0.29, 0.717) is 32.5 Å². The number of aromatic nitrogens is 3. The lowest BCUT2D eigenvalue weighted by Crippen LogP contribution is -2.24. The van der Waals surface area contributed by atoms with Crippen molar-refractivity contribution in [3.05, 3.63) is 94.5 Å². The average molecular weight is 498 g/mol. The lowest BCUT2D eigenvalue weighted by molar-refractivity contribution is 0.0954. The number of benzene rings is 2. The van der Waals surface area contributed by atoms with E-state index in [1.165, 1.54) is 41.7 Å². The minimum absolute atomic E-state index is 0.0425. The van der Waals surface area contributed by atoms with Crippen molar-refractivity contribution in [2.45, 2.75) is 24.9 Å². The first-order valence-electron chi connectivity index (χ1n) is 10.2. The second kappa shape index (κ2) is 10.2. The summed E-state index contributed by atoms with van der Waals surface area (Å²) in [7, 11) is -3.83. The molecule has 2 N–H and O–H groups in total. The molecule has 2 aromatic carbocycles. The first-order valence-corrected chi connectivity index (χ1v) is 12.5. The zero-order valence-electron chi connectivity index (χ0n) is 18.0. The Bertz CT molecular complexity index is 1430. The molecule has 0 atom stereocenters. The van der Waals surface area contributed by atoms with Crippen LogP contribution in [0.5, 0.6) is 0 Å².